The summed E-state index contributed by atoms with van der Waals surface area (Å²) in [4.78, 5) is 34.9. The van der Waals surface area contributed by atoms with Crippen LogP contribution in [0.15, 0.2) is 24.3 Å². The summed E-state index contributed by atoms with van der Waals surface area (Å²) in [7, 11) is 2.26. The van der Waals surface area contributed by atoms with Gasteiger partial charge in [-0.2, -0.15) is 0 Å². The van der Waals surface area contributed by atoms with E-state index in [2.05, 4.69) is 38.3 Å². The highest BCUT2D eigenvalue weighted by Gasteiger charge is 2.58. The van der Waals surface area contributed by atoms with Crippen LogP contribution in [-0.4, -0.2) is 56.2 Å². The zero-order chi connectivity index (χ0) is 25.9. The smallest absolute Gasteiger partial charge is 0.309 e. The van der Waals surface area contributed by atoms with E-state index < -0.39 is 0 Å². The molecule has 2 saturated heterocycles. The first kappa shape index (κ1) is 25.0. The molecule has 3 heterocycles. The van der Waals surface area contributed by atoms with Crippen molar-refractivity contribution in [1.29, 1.82) is 0 Å². The number of piperazine rings is 1. The number of benzene rings is 1. The molecule has 198 valence electrons. The maximum absolute atomic E-state index is 13.1. The maximum Gasteiger partial charge on any atom is 0.309 e. The van der Waals surface area contributed by atoms with Crippen molar-refractivity contribution < 1.29 is 24.1 Å². The summed E-state index contributed by atoms with van der Waals surface area (Å²) >= 11 is 1.61. The monoisotopic (exact) mass is 524 g/mol. The van der Waals surface area contributed by atoms with Gasteiger partial charge in [0.2, 0.25) is 0 Å². The Labute approximate surface area is 223 Å². The summed E-state index contributed by atoms with van der Waals surface area (Å²) in [5, 5.41) is 3.74. The van der Waals surface area contributed by atoms with Crippen LogP contribution in [0.4, 0.5) is 5.13 Å². The molecule has 6 rings (SSSR count). The van der Waals surface area contributed by atoms with Crippen LogP contribution in [0, 0.1) is 23.2 Å². The van der Waals surface area contributed by atoms with Crippen LogP contribution in [0.5, 0.6) is 0 Å². The topological polar surface area (TPSA) is 77.2 Å². The van der Waals surface area contributed by atoms with Crippen molar-refractivity contribution in [3.05, 3.63) is 46.0 Å². The number of quaternary nitrogens is 2. The van der Waals surface area contributed by atoms with Crippen molar-refractivity contribution in [3.63, 3.8) is 0 Å². The highest BCUT2D eigenvalue weighted by molar-refractivity contribution is 7.15. The number of nitrogens with one attached hydrogen (secondary N) is 3. The summed E-state index contributed by atoms with van der Waals surface area (Å²) in [6.07, 6.45) is 3.07. The quantitative estimate of drug-likeness (QED) is 0.531. The standard InChI is InChI=1S/C29H38N4O3S/c1-17-21-9-10-29(3)15-22-24(18(2)23(29)25(21)36-27(17)35)30-28(37-22)31-26(34)20-7-5-19(6-8-20)16-33-13-11-32(4)12-14-33/h5-8,17-18,21,23,25H,9-16H2,1-4H3,(H,30,31,34)/p+2/t17-,18-,21-,23+,25-,29+/m0/s1. The largest absolute Gasteiger partial charge is 0.461 e. The van der Waals surface area contributed by atoms with Crippen molar-refractivity contribution in [1.82, 2.24) is 4.98 Å². The lowest BCUT2D eigenvalue weighted by Crippen LogP contribution is -3.26. The van der Waals surface area contributed by atoms with Gasteiger partial charge in [0, 0.05) is 33.8 Å². The van der Waals surface area contributed by atoms with Crippen molar-refractivity contribution in [2.75, 3.05) is 38.5 Å². The van der Waals surface area contributed by atoms with Gasteiger partial charge in [-0.15, -0.1) is 11.3 Å². The van der Waals surface area contributed by atoms with Gasteiger partial charge in [-0.1, -0.05) is 32.9 Å². The number of fused-ring (bicyclic) bond motifs is 4. The molecule has 3 fully saturated rings. The SMILES string of the molecule is C[C@@H]1C(=O)O[C@H]2[C@H]1CC[C@]1(C)Cc3sc(NC(=O)c4ccc(C[NH+]5CC[NH+](C)CC5)cc4)nc3[C@@H](C)[C@H]21. The van der Waals surface area contributed by atoms with E-state index in [1.165, 1.54) is 36.6 Å². The first-order chi connectivity index (χ1) is 17.7. The second-order valence-electron chi connectivity index (χ2n) is 12.4. The molecule has 7 nitrogen and oxygen atoms in total. The van der Waals surface area contributed by atoms with Crippen molar-refractivity contribution in [2.24, 2.45) is 23.2 Å². The van der Waals surface area contributed by atoms with E-state index in [1.54, 1.807) is 21.1 Å². The van der Waals surface area contributed by atoms with Gasteiger partial charge in [-0.3, -0.25) is 14.9 Å². The Morgan fingerprint density at radius 1 is 1.16 bits per heavy atom. The molecule has 1 aromatic carbocycles. The Balaban J connectivity index is 1.14. The van der Waals surface area contributed by atoms with E-state index in [-0.39, 0.29) is 41.1 Å². The molecule has 1 amide bonds. The average Bonchev–Trinajstić information content (AvgIpc) is 3.39. The lowest BCUT2D eigenvalue weighted by atomic mass is 9.54. The van der Waals surface area contributed by atoms with E-state index in [0.717, 1.165) is 31.5 Å². The number of hydrogen-bond donors (Lipinski definition) is 3. The minimum absolute atomic E-state index is 0.0104. The zero-order valence-corrected chi connectivity index (χ0v) is 23.2. The first-order valence-electron chi connectivity index (χ1n) is 14.0. The van der Waals surface area contributed by atoms with Crippen LogP contribution in [0.3, 0.4) is 0 Å². The fourth-order valence-electron chi connectivity index (χ4n) is 7.57. The first-order valence-corrected chi connectivity index (χ1v) is 14.8. The average molecular weight is 525 g/mol. The summed E-state index contributed by atoms with van der Waals surface area (Å²) in [5.41, 5.74) is 3.11. The lowest BCUT2D eigenvalue weighted by molar-refractivity contribution is -1.01. The number of aromatic nitrogens is 1. The normalized spacial score (nSPS) is 36.8. The van der Waals surface area contributed by atoms with Gasteiger partial charge in [0.1, 0.15) is 38.8 Å². The van der Waals surface area contributed by atoms with E-state index in [0.29, 0.717) is 16.6 Å². The zero-order valence-electron chi connectivity index (χ0n) is 22.4. The van der Waals surface area contributed by atoms with Crippen molar-refractivity contribution in [2.45, 2.75) is 58.6 Å². The molecule has 1 aromatic heterocycles. The lowest BCUT2D eigenvalue weighted by Gasteiger charge is -2.51. The molecule has 0 radical (unpaired) electrons. The van der Waals surface area contributed by atoms with Gasteiger partial charge in [0.15, 0.2) is 5.13 Å². The third kappa shape index (κ3) is 4.51. The molecule has 37 heavy (non-hydrogen) atoms. The summed E-state index contributed by atoms with van der Waals surface area (Å²) in [6.45, 7) is 12.5. The van der Waals surface area contributed by atoms with Crippen LogP contribution < -0.4 is 15.1 Å². The van der Waals surface area contributed by atoms with Crippen molar-refractivity contribution in [3.8, 4) is 0 Å². The van der Waals surface area contributed by atoms with Crippen LogP contribution in [0.2, 0.25) is 0 Å². The van der Waals surface area contributed by atoms with Gasteiger partial charge in [-0.05, 0) is 36.8 Å². The highest BCUT2D eigenvalue weighted by atomic mass is 32.1. The number of anilines is 1. The fourth-order valence-corrected chi connectivity index (χ4v) is 8.83. The number of likely N-dealkylation sites (N-methyl/N-ethyl adjacent to an activating group) is 1. The Morgan fingerprint density at radius 3 is 2.62 bits per heavy atom. The third-order valence-corrected chi connectivity index (χ3v) is 10.8. The van der Waals surface area contributed by atoms with Crippen molar-refractivity contribution >= 4 is 28.3 Å². The van der Waals surface area contributed by atoms with Crippen LogP contribution >= 0.6 is 11.3 Å². The molecule has 2 aliphatic carbocycles. The molecule has 3 N–H and O–H groups in total. The van der Waals surface area contributed by atoms with E-state index >= 15 is 0 Å². The molecule has 2 aliphatic heterocycles. The van der Waals surface area contributed by atoms with Crippen LogP contribution in [-0.2, 0) is 22.5 Å². The summed E-state index contributed by atoms with van der Waals surface area (Å²) < 4.78 is 5.95. The number of carbonyl (C=O) groups excluding carboxylic acids is 2. The van der Waals surface area contributed by atoms with Gasteiger partial charge < -0.3 is 14.5 Å². The van der Waals surface area contributed by atoms with Crippen LogP contribution in [0.1, 0.15) is 66.0 Å². The number of rotatable bonds is 4. The molecular formula is C29H40N4O3S+2. The number of esters is 1. The third-order valence-electron chi connectivity index (χ3n) is 9.86. The summed E-state index contributed by atoms with van der Waals surface area (Å²) in [5.74, 6) is 0.621. The Kier molecular flexibility index (Phi) is 6.40. The van der Waals surface area contributed by atoms with E-state index in [4.69, 9.17) is 9.72 Å². The number of amides is 1. The molecule has 0 unspecified atom stereocenters. The summed E-state index contributed by atoms with van der Waals surface area (Å²) in [6, 6.07) is 8.06. The minimum atomic E-state index is -0.108. The molecule has 8 heteroatoms. The second kappa shape index (κ2) is 9.47. The molecule has 6 atom stereocenters. The van der Waals surface area contributed by atoms with Gasteiger partial charge in [0.25, 0.3) is 5.91 Å². The van der Waals surface area contributed by atoms with E-state index in [1.807, 2.05) is 19.1 Å². The highest BCUT2D eigenvalue weighted by Crippen LogP contribution is 2.59. The number of hydrogen-bond acceptors (Lipinski definition) is 5. The number of thiazole rings is 1. The molecular weight excluding hydrogens is 484 g/mol. The molecule has 0 bridgehead atoms. The number of nitrogens with zero attached hydrogens (tertiary/aromatic N) is 1. The van der Waals surface area contributed by atoms with Gasteiger partial charge in [-0.25, -0.2) is 4.98 Å². The fraction of sp³-hybridized carbons (Fsp3) is 0.621. The maximum atomic E-state index is 13.1. The minimum Gasteiger partial charge on any atom is -0.461 e. The molecule has 4 aliphatic rings. The van der Waals surface area contributed by atoms with Gasteiger partial charge in [0.05, 0.1) is 18.7 Å². The Bertz CT molecular complexity index is 1190. The second-order valence-corrected chi connectivity index (χ2v) is 13.5. The molecule has 0 spiro atoms. The predicted molar refractivity (Wildman–Crippen MR) is 143 cm³/mol. The predicted octanol–water partition coefficient (Wildman–Crippen LogP) is 1.56. The molecule has 1 saturated carbocycles. The molecule has 2 aromatic rings. The number of ether oxygens (including phenoxy) is 1. The number of carbonyl (C=O) groups is 2. The van der Waals surface area contributed by atoms with E-state index in [9.17, 15) is 9.59 Å². The van der Waals surface area contributed by atoms with Gasteiger partial charge >= 0.3 is 5.97 Å². The van der Waals surface area contributed by atoms with Crippen LogP contribution in [0.25, 0.3) is 0 Å². The Morgan fingerprint density at radius 2 is 1.89 bits per heavy atom. The Hall–Kier alpha value is -2.29.